The number of aromatic nitrogens is 3. The summed E-state index contributed by atoms with van der Waals surface area (Å²) in [5.74, 6) is 1.06. The smallest absolute Gasteiger partial charge is 0.254 e. The topological polar surface area (TPSA) is 91.0 Å². The average Bonchev–Trinajstić information content (AvgIpc) is 3.23. The van der Waals surface area contributed by atoms with Crippen molar-refractivity contribution < 1.29 is 9.59 Å². The zero-order chi connectivity index (χ0) is 20.4. The number of rotatable bonds is 4. The zero-order valence-electron chi connectivity index (χ0n) is 16.5. The lowest BCUT2D eigenvalue weighted by molar-refractivity contribution is -0.127. The van der Waals surface area contributed by atoms with Gasteiger partial charge >= 0.3 is 0 Å². The molecule has 0 bridgehead atoms. The Balaban J connectivity index is 1.54. The minimum atomic E-state index is -0.415. The van der Waals surface area contributed by atoms with Crippen molar-refractivity contribution in [3.8, 4) is 22.8 Å². The van der Waals surface area contributed by atoms with E-state index in [1.165, 1.54) is 0 Å². The number of hydrogen-bond acceptors (Lipinski definition) is 4. The summed E-state index contributed by atoms with van der Waals surface area (Å²) in [5, 5.41) is 10.1. The molecule has 29 heavy (non-hydrogen) atoms. The van der Waals surface area contributed by atoms with E-state index in [9.17, 15) is 9.59 Å². The third-order valence-electron chi connectivity index (χ3n) is 5.15. The van der Waals surface area contributed by atoms with Gasteiger partial charge in [0, 0.05) is 29.8 Å². The number of nitrogens with zero attached hydrogens (tertiary/aromatic N) is 3. The first kappa shape index (κ1) is 18.9. The van der Waals surface area contributed by atoms with Crippen molar-refractivity contribution in [2.24, 2.45) is 0 Å². The molecule has 2 amide bonds. The van der Waals surface area contributed by atoms with E-state index in [1.54, 1.807) is 17.0 Å². The van der Waals surface area contributed by atoms with Gasteiger partial charge in [-0.15, -0.1) is 0 Å². The number of aryl methyl sites for hydroxylation is 1. The lowest BCUT2D eigenvalue weighted by Gasteiger charge is -2.34. The highest BCUT2D eigenvalue weighted by atomic mass is 16.2. The molecule has 3 aromatic rings. The number of amides is 2. The number of H-pyrrole nitrogens is 1. The summed E-state index contributed by atoms with van der Waals surface area (Å²) in [5.41, 5.74) is 3.50. The monoisotopic (exact) mass is 389 g/mol. The summed E-state index contributed by atoms with van der Waals surface area (Å²) in [6.07, 6.45) is 0.593. The highest BCUT2D eigenvalue weighted by Gasteiger charge is 2.32. The molecule has 0 radical (unpaired) electrons. The zero-order valence-corrected chi connectivity index (χ0v) is 16.5. The van der Waals surface area contributed by atoms with Gasteiger partial charge in [0.05, 0.1) is 0 Å². The Bertz CT molecular complexity index is 1040. The van der Waals surface area contributed by atoms with E-state index >= 15 is 0 Å². The lowest BCUT2D eigenvalue weighted by atomic mass is 10.1. The van der Waals surface area contributed by atoms with Crippen LogP contribution in [0.3, 0.4) is 0 Å². The van der Waals surface area contributed by atoms with Crippen molar-refractivity contribution in [2.75, 3.05) is 13.1 Å². The van der Waals surface area contributed by atoms with Crippen molar-refractivity contribution in [1.29, 1.82) is 0 Å². The molecule has 1 aliphatic heterocycles. The summed E-state index contributed by atoms with van der Waals surface area (Å²) < 4.78 is 0. The van der Waals surface area contributed by atoms with Crippen LogP contribution in [0.5, 0.6) is 0 Å². The van der Waals surface area contributed by atoms with Crippen LogP contribution in [-0.4, -0.2) is 51.0 Å². The summed E-state index contributed by atoms with van der Waals surface area (Å²) in [7, 11) is 0. The molecule has 1 saturated heterocycles. The number of benzene rings is 2. The summed E-state index contributed by atoms with van der Waals surface area (Å²) in [6.45, 7) is 4.95. The Kier molecular flexibility index (Phi) is 5.12. The number of carbonyl (C=O) groups excluding carboxylic acids is 2. The van der Waals surface area contributed by atoms with Crippen LogP contribution in [0.1, 0.15) is 29.3 Å². The molecular weight excluding hydrogens is 366 g/mol. The fraction of sp³-hybridized carbons (Fsp3) is 0.273. The second kappa shape index (κ2) is 7.87. The largest absolute Gasteiger partial charge is 0.353 e. The van der Waals surface area contributed by atoms with Crippen molar-refractivity contribution in [1.82, 2.24) is 25.4 Å². The van der Waals surface area contributed by atoms with Crippen LogP contribution in [0.25, 0.3) is 22.8 Å². The molecule has 0 saturated carbocycles. The Morgan fingerprint density at radius 1 is 1.17 bits per heavy atom. The SMILES string of the molecule is CC[C@@H]1C(=O)NCCN1C(=O)c1ccc(-c2nc(-c3cccc(C)c3)n[nH]2)cc1. The maximum atomic E-state index is 12.9. The number of aromatic amines is 1. The van der Waals surface area contributed by atoms with Gasteiger partial charge in [0.15, 0.2) is 11.6 Å². The molecule has 1 atom stereocenters. The average molecular weight is 389 g/mol. The van der Waals surface area contributed by atoms with Gasteiger partial charge in [-0.25, -0.2) is 4.98 Å². The number of piperazine rings is 1. The first-order valence-corrected chi connectivity index (χ1v) is 9.75. The van der Waals surface area contributed by atoms with Crippen molar-refractivity contribution in [2.45, 2.75) is 26.3 Å². The molecular formula is C22H23N5O2. The van der Waals surface area contributed by atoms with Gasteiger partial charge in [-0.1, -0.05) is 42.8 Å². The fourth-order valence-corrected chi connectivity index (χ4v) is 3.60. The molecule has 1 aromatic heterocycles. The van der Waals surface area contributed by atoms with Crippen LogP contribution in [0.4, 0.5) is 0 Å². The van der Waals surface area contributed by atoms with E-state index in [0.29, 0.717) is 36.7 Å². The number of hydrogen-bond donors (Lipinski definition) is 2. The third kappa shape index (κ3) is 3.76. The van der Waals surface area contributed by atoms with E-state index < -0.39 is 6.04 Å². The van der Waals surface area contributed by atoms with Crippen molar-refractivity contribution in [3.05, 3.63) is 59.7 Å². The van der Waals surface area contributed by atoms with E-state index in [4.69, 9.17) is 0 Å². The molecule has 2 heterocycles. The molecule has 4 rings (SSSR count). The number of carbonyl (C=O) groups is 2. The predicted octanol–water partition coefficient (Wildman–Crippen LogP) is 2.80. The molecule has 7 nitrogen and oxygen atoms in total. The second-order valence-electron chi connectivity index (χ2n) is 7.17. The van der Waals surface area contributed by atoms with E-state index in [0.717, 1.165) is 16.7 Å². The van der Waals surface area contributed by atoms with Gasteiger partial charge in [0.25, 0.3) is 5.91 Å². The second-order valence-corrected chi connectivity index (χ2v) is 7.17. The highest BCUT2D eigenvalue weighted by Crippen LogP contribution is 2.22. The highest BCUT2D eigenvalue weighted by molar-refractivity contribution is 5.98. The van der Waals surface area contributed by atoms with Crippen LogP contribution in [-0.2, 0) is 4.79 Å². The molecule has 148 valence electrons. The summed E-state index contributed by atoms with van der Waals surface area (Å²) >= 11 is 0. The van der Waals surface area contributed by atoms with Crippen LogP contribution in [0, 0.1) is 6.92 Å². The van der Waals surface area contributed by atoms with Gasteiger partial charge in [0.1, 0.15) is 6.04 Å². The van der Waals surface area contributed by atoms with Gasteiger partial charge in [-0.3, -0.25) is 14.7 Å². The fourth-order valence-electron chi connectivity index (χ4n) is 3.60. The lowest BCUT2D eigenvalue weighted by Crippen LogP contribution is -2.56. The number of nitrogens with one attached hydrogen (secondary N) is 2. The minimum absolute atomic E-state index is 0.0888. The van der Waals surface area contributed by atoms with E-state index in [1.807, 2.05) is 50.2 Å². The Hall–Kier alpha value is -3.48. The first-order chi connectivity index (χ1) is 14.1. The molecule has 1 aliphatic rings. The van der Waals surface area contributed by atoms with Gasteiger partial charge in [0.2, 0.25) is 5.91 Å². The minimum Gasteiger partial charge on any atom is -0.353 e. The van der Waals surface area contributed by atoms with Crippen molar-refractivity contribution in [3.63, 3.8) is 0 Å². The Labute approximate surface area is 169 Å². The van der Waals surface area contributed by atoms with Gasteiger partial charge < -0.3 is 10.2 Å². The van der Waals surface area contributed by atoms with E-state index in [-0.39, 0.29) is 11.8 Å². The van der Waals surface area contributed by atoms with Crippen LogP contribution < -0.4 is 5.32 Å². The molecule has 7 heteroatoms. The summed E-state index contributed by atoms with van der Waals surface area (Å²) in [6, 6.07) is 14.8. The van der Waals surface area contributed by atoms with Gasteiger partial charge in [-0.05, 0) is 31.5 Å². The first-order valence-electron chi connectivity index (χ1n) is 9.75. The van der Waals surface area contributed by atoms with Crippen LogP contribution in [0.15, 0.2) is 48.5 Å². The predicted molar refractivity (Wildman–Crippen MR) is 110 cm³/mol. The van der Waals surface area contributed by atoms with E-state index in [2.05, 4.69) is 20.5 Å². The van der Waals surface area contributed by atoms with Gasteiger partial charge in [-0.2, -0.15) is 5.10 Å². The summed E-state index contributed by atoms with van der Waals surface area (Å²) in [4.78, 5) is 31.1. The molecule has 0 spiro atoms. The Morgan fingerprint density at radius 2 is 1.97 bits per heavy atom. The maximum Gasteiger partial charge on any atom is 0.254 e. The van der Waals surface area contributed by atoms with Crippen LogP contribution in [0.2, 0.25) is 0 Å². The van der Waals surface area contributed by atoms with Crippen LogP contribution >= 0.6 is 0 Å². The molecule has 0 aliphatic carbocycles. The molecule has 2 N–H and O–H groups in total. The maximum absolute atomic E-state index is 12.9. The Morgan fingerprint density at radius 3 is 2.69 bits per heavy atom. The normalized spacial score (nSPS) is 16.6. The molecule has 2 aromatic carbocycles. The van der Waals surface area contributed by atoms with Crippen molar-refractivity contribution >= 4 is 11.8 Å². The third-order valence-corrected chi connectivity index (χ3v) is 5.15. The molecule has 1 fully saturated rings. The quantitative estimate of drug-likeness (QED) is 0.718. The standard InChI is InChI=1S/C22H23N5O2/c1-3-18-21(28)23-11-12-27(18)22(29)16-9-7-15(8-10-16)19-24-20(26-25-19)17-6-4-5-14(2)13-17/h4-10,13,18H,3,11-12H2,1-2H3,(H,23,28)(H,24,25,26)/t18-/m1/s1. The molecule has 0 unspecified atom stereocenters.